The van der Waals surface area contributed by atoms with E-state index in [0.29, 0.717) is 11.4 Å². The highest BCUT2D eigenvalue weighted by Crippen LogP contribution is 2.27. The van der Waals surface area contributed by atoms with Gasteiger partial charge >= 0.3 is 0 Å². The summed E-state index contributed by atoms with van der Waals surface area (Å²) in [6.45, 7) is 4.86. The summed E-state index contributed by atoms with van der Waals surface area (Å²) in [5, 5.41) is 14.3. The Morgan fingerprint density at radius 3 is 2.88 bits per heavy atom. The van der Waals surface area contributed by atoms with Crippen LogP contribution in [0.25, 0.3) is 11.4 Å². The van der Waals surface area contributed by atoms with E-state index in [1.807, 2.05) is 29.7 Å². The number of hydrogen-bond acceptors (Lipinski definition) is 6. The van der Waals surface area contributed by atoms with E-state index in [9.17, 15) is 4.79 Å². The van der Waals surface area contributed by atoms with Gasteiger partial charge in [-0.15, -0.1) is 21.5 Å². The number of methoxy groups -OCH3 is 1. The lowest BCUT2D eigenvalue weighted by molar-refractivity contribution is -0.113. The number of thioether (sulfide) groups is 1. The summed E-state index contributed by atoms with van der Waals surface area (Å²) in [5.41, 5.74) is 1.77. The average Bonchev–Trinajstić information content (AvgIpc) is 3.25. The van der Waals surface area contributed by atoms with Crippen molar-refractivity contribution in [3.63, 3.8) is 0 Å². The topological polar surface area (TPSA) is 69.0 Å². The standard InChI is InChI=1S/C18H20N4O2S2/c1-4-22-17(13-8-12(2)25-10-13)20-21-18(22)26-11-16(23)19-14-6-5-7-15(9-14)24-3/h5-10H,4,11H2,1-3H3,(H,19,23). The molecule has 0 aliphatic carbocycles. The maximum Gasteiger partial charge on any atom is 0.234 e. The van der Waals surface area contributed by atoms with Gasteiger partial charge in [0.1, 0.15) is 5.75 Å². The number of nitrogens with zero attached hydrogens (tertiary/aromatic N) is 3. The minimum Gasteiger partial charge on any atom is -0.497 e. The summed E-state index contributed by atoms with van der Waals surface area (Å²) in [7, 11) is 1.60. The third kappa shape index (κ3) is 4.25. The van der Waals surface area contributed by atoms with Crippen LogP contribution in [0.15, 0.2) is 40.9 Å². The lowest BCUT2D eigenvalue weighted by Crippen LogP contribution is -2.14. The van der Waals surface area contributed by atoms with Crippen molar-refractivity contribution in [2.75, 3.05) is 18.2 Å². The minimum absolute atomic E-state index is 0.0955. The van der Waals surface area contributed by atoms with Crippen LogP contribution in [-0.4, -0.2) is 33.5 Å². The molecule has 0 fully saturated rings. The van der Waals surface area contributed by atoms with Gasteiger partial charge in [-0.3, -0.25) is 4.79 Å². The predicted molar refractivity (Wildman–Crippen MR) is 106 cm³/mol. The number of aryl methyl sites for hydroxylation is 1. The van der Waals surface area contributed by atoms with E-state index in [4.69, 9.17) is 4.74 Å². The Bertz CT molecular complexity index is 904. The lowest BCUT2D eigenvalue weighted by atomic mass is 10.3. The van der Waals surface area contributed by atoms with Crippen molar-refractivity contribution in [1.29, 1.82) is 0 Å². The van der Waals surface area contributed by atoms with E-state index in [1.165, 1.54) is 16.6 Å². The molecule has 0 bridgehead atoms. The normalized spacial score (nSPS) is 10.7. The van der Waals surface area contributed by atoms with Crippen LogP contribution in [0.4, 0.5) is 5.69 Å². The number of rotatable bonds is 7. The van der Waals surface area contributed by atoms with Gasteiger partial charge < -0.3 is 14.6 Å². The number of hydrogen-bond donors (Lipinski definition) is 1. The zero-order valence-corrected chi connectivity index (χ0v) is 16.5. The summed E-state index contributed by atoms with van der Waals surface area (Å²) in [5.74, 6) is 1.71. The van der Waals surface area contributed by atoms with Crippen molar-refractivity contribution >= 4 is 34.7 Å². The molecule has 26 heavy (non-hydrogen) atoms. The van der Waals surface area contributed by atoms with E-state index >= 15 is 0 Å². The van der Waals surface area contributed by atoms with Gasteiger partial charge in [-0.2, -0.15) is 0 Å². The van der Waals surface area contributed by atoms with Crippen molar-refractivity contribution < 1.29 is 9.53 Å². The molecule has 8 heteroatoms. The molecule has 0 saturated carbocycles. The smallest absolute Gasteiger partial charge is 0.234 e. The molecule has 136 valence electrons. The Balaban J connectivity index is 1.65. The number of benzene rings is 1. The van der Waals surface area contributed by atoms with Crippen LogP contribution in [0.5, 0.6) is 5.75 Å². The molecule has 1 amide bonds. The Morgan fingerprint density at radius 2 is 2.19 bits per heavy atom. The second-order valence-corrected chi connectivity index (χ2v) is 7.62. The molecule has 0 saturated heterocycles. The molecule has 3 rings (SSSR count). The first-order valence-electron chi connectivity index (χ1n) is 8.16. The third-order valence-electron chi connectivity index (χ3n) is 3.71. The second kappa shape index (κ2) is 8.37. The second-order valence-electron chi connectivity index (χ2n) is 5.57. The van der Waals surface area contributed by atoms with Crippen molar-refractivity contribution in [1.82, 2.24) is 14.8 Å². The fourth-order valence-corrected chi connectivity index (χ4v) is 3.97. The largest absolute Gasteiger partial charge is 0.497 e. The summed E-state index contributed by atoms with van der Waals surface area (Å²) in [6.07, 6.45) is 0. The molecule has 0 atom stereocenters. The summed E-state index contributed by atoms with van der Waals surface area (Å²) < 4.78 is 7.20. The number of carbonyl (C=O) groups excluding carboxylic acids is 1. The Labute approximate surface area is 160 Å². The quantitative estimate of drug-likeness (QED) is 0.618. The van der Waals surface area contributed by atoms with Gasteiger partial charge in [-0.25, -0.2) is 0 Å². The molecular weight excluding hydrogens is 368 g/mol. The molecule has 2 heterocycles. The number of carbonyl (C=O) groups is 1. The van der Waals surface area contributed by atoms with E-state index in [-0.39, 0.29) is 11.7 Å². The SMILES string of the molecule is CCn1c(SCC(=O)Nc2cccc(OC)c2)nnc1-c1csc(C)c1. The zero-order valence-electron chi connectivity index (χ0n) is 14.9. The van der Waals surface area contributed by atoms with Crippen LogP contribution in [0, 0.1) is 6.92 Å². The average molecular weight is 389 g/mol. The fourth-order valence-electron chi connectivity index (χ4n) is 2.48. The monoisotopic (exact) mass is 388 g/mol. The van der Waals surface area contributed by atoms with Gasteiger partial charge in [0.25, 0.3) is 0 Å². The first kappa shape index (κ1) is 18.5. The van der Waals surface area contributed by atoms with Crippen LogP contribution < -0.4 is 10.1 Å². The van der Waals surface area contributed by atoms with Crippen molar-refractivity contribution in [3.05, 3.63) is 40.6 Å². The first-order chi connectivity index (χ1) is 12.6. The minimum atomic E-state index is -0.0955. The Hall–Kier alpha value is -2.32. The van der Waals surface area contributed by atoms with Crippen LogP contribution in [0.1, 0.15) is 11.8 Å². The Kier molecular flexibility index (Phi) is 5.95. The zero-order chi connectivity index (χ0) is 18.5. The third-order valence-corrected chi connectivity index (χ3v) is 5.54. The molecule has 3 aromatic rings. The van der Waals surface area contributed by atoms with Crippen LogP contribution in [0.2, 0.25) is 0 Å². The number of ether oxygens (including phenoxy) is 1. The molecule has 0 radical (unpaired) electrons. The molecule has 0 aliphatic heterocycles. The van der Waals surface area contributed by atoms with Crippen molar-refractivity contribution in [2.24, 2.45) is 0 Å². The van der Waals surface area contributed by atoms with Crippen LogP contribution >= 0.6 is 23.1 Å². The first-order valence-corrected chi connectivity index (χ1v) is 10.0. The summed E-state index contributed by atoms with van der Waals surface area (Å²) >= 11 is 3.07. The molecule has 6 nitrogen and oxygen atoms in total. The van der Waals surface area contributed by atoms with Gasteiger partial charge in [0.2, 0.25) is 5.91 Å². The van der Waals surface area contributed by atoms with Crippen molar-refractivity contribution in [2.45, 2.75) is 25.5 Å². The fraction of sp³-hybridized carbons (Fsp3) is 0.278. The van der Waals surface area contributed by atoms with E-state index in [1.54, 1.807) is 24.5 Å². The molecule has 2 aromatic heterocycles. The highest BCUT2D eigenvalue weighted by Gasteiger charge is 2.15. The lowest BCUT2D eigenvalue weighted by Gasteiger charge is -2.08. The predicted octanol–water partition coefficient (Wildman–Crippen LogP) is 4.07. The Morgan fingerprint density at radius 1 is 1.35 bits per heavy atom. The van der Waals surface area contributed by atoms with Gasteiger partial charge in [-0.1, -0.05) is 17.8 Å². The summed E-state index contributed by atoms with van der Waals surface area (Å²) in [6, 6.07) is 9.39. The number of thiophene rings is 1. The molecule has 0 aliphatic rings. The molecule has 0 unspecified atom stereocenters. The maximum atomic E-state index is 12.2. The molecule has 1 aromatic carbocycles. The van der Waals surface area contributed by atoms with Gasteiger partial charge in [-0.05, 0) is 32.0 Å². The number of anilines is 1. The molecular formula is C18H20N4O2S2. The number of amides is 1. The van der Waals surface area contributed by atoms with Gasteiger partial charge in [0.15, 0.2) is 11.0 Å². The highest BCUT2D eigenvalue weighted by molar-refractivity contribution is 7.99. The van der Waals surface area contributed by atoms with Crippen LogP contribution in [0.3, 0.4) is 0 Å². The molecule has 1 N–H and O–H groups in total. The van der Waals surface area contributed by atoms with Crippen molar-refractivity contribution in [3.8, 4) is 17.1 Å². The van der Waals surface area contributed by atoms with Gasteiger partial charge in [0, 0.05) is 34.1 Å². The van der Waals surface area contributed by atoms with E-state index in [0.717, 1.165) is 23.1 Å². The number of nitrogens with one attached hydrogen (secondary N) is 1. The highest BCUT2D eigenvalue weighted by atomic mass is 32.2. The summed E-state index contributed by atoms with van der Waals surface area (Å²) in [4.78, 5) is 13.5. The van der Waals surface area contributed by atoms with Gasteiger partial charge in [0.05, 0.1) is 12.9 Å². The maximum absolute atomic E-state index is 12.2. The van der Waals surface area contributed by atoms with E-state index in [2.05, 4.69) is 33.9 Å². The number of aromatic nitrogens is 3. The molecule has 0 spiro atoms. The van der Waals surface area contributed by atoms with E-state index < -0.39 is 0 Å². The van der Waals surface area contributed by atoms with Crippen LogP contribution in [-0.2, 0) is 11.3 Å².